The smallest absolute Gasteiger partial charge is 0.200 e. The van der Waals surface area contributed by atoms with Crippen molar-refractivity contribution in [3.05, 3.63) is 64.0 Å². The minimum Gasteiger partial charge on any atom is -0.200 e. The normalized spacial score (nSPS) is 11.5. The highest BCUT2D eigenvalue weighted by Gasteiger charge is 2.16. The Morgan fingerprint density at radius 1 is 0.783 bits per heavy atom. The van der Waals surface area contributed by atoms with E-state index in [1.807, 2.05) is 0 Å². The Hall–Kier alpha value is -2.19. The molecule has 0 saturated heterocycles. The van der Waals surface area contributed by atoms with Crippen LogP contribution in [0.3, 0.4) is 0 Å². The number of aromatic nitrogens is 1. The molecule has 23 heavy (non-hydrogen) atoms. The molecular weight excluding hydrogens is 298 g/mol. The molecule has 2 aromatic heterocycles. The van der Waals surface area contributed by atoms with Crippen LogP contribution in [0.1, 0.15) is 16.7 Å². The molecule has 4 rings (SSSR count). The summed E-state index contributed by atoms with van der Waals surface area (Å²) >= 11 is 1.77. The number of hydrogen-bond acceptors (Lipinski definition) is 1. The van der Waals surface area contributed by atoms with E-state index in [0.29, 0.717) is 0 Å². The fourth-order valence-corrected chi connectivity index (χ4v) is 4.16. The minimum absolute atomic E-state index is 1.27. The van der Waals surface area contributed by atoms with Crippen molar-refractivity contribution in [3.63, 3.8) is 0 Å². The maximum Gasteiger partial charge on any atom is 0.213 e. The molecule has 2 aromatic carbocycles. The van der Waals surface area contributed by atoms with Crippen LogP contribution in [0.5, 0.6) is 0 Å². The first-order valence-electron chi connectivity index (χ1n) is 7.90. The molecule has 2 heterocycles. The summed E-state index contributed by atoms with van der Waals surface area (Å²) in [4.78, 5) is 0. The maximum absolute atomic E-state index is 2.33. The van der Waals surface area contributed by atoms with E-state index in [1.54, 1.807) is 11.3 Å². The fourth-order valence-electron chi connectivity index (χ4n) is 3.39. The highest BCUT2D eigenvalue weighted by atomic mass is 32.1. The van der Waals surface area contributed by atoms with Gasteiger partial charge in [-0.15, -0.1) is 0 Å². The zero-order valence-electron chi connectivity index (χ0n) is 14.0. The van der Waals surface area contributed by atoms with Crippen LogP contribution in [0.4, 0.5) is 0 Å². The van der Waals surface area contributed by atoms with Gasteiger partial charge in [-0.05, 0) is 77.0 Å². The van der Waals surface area contributed by atoms with Gasteiger partial charge in [0.1, 0.15) is 7.05 Å². The lowest BCUT2D eigenvalue weighted by Gasteiger charge is -2.10. The first kappa shape index (κ1) is 14.4. The molecule has 2 heteroatoms. The van der Waals surface area contributed by atoms with Gasteiger partial charge in [-0.3, -0.25) is 0 Å². The summed E-state index contributed by atoms with van der Waals surface area (Å²) in [5, 5.41) is 9.71. The summed E-state index contributed by atoms with van der Waals surface area (Å²) in [6.45, 7) is 6.59. The molecule has 0 saturated carbocycles. The quantitative estimate of drug-likeness (QED) is 0.410. The molecule has 0 bridgehead atoms. The second-order valence-electron chi connectivity index (χ2n) is 6.51. The summed E-state index contributed by atoms with van der Waals surface area (Å²) in [6, 6.07) is 11.5. The van der Waals surface area contributed by atoms with Gasteiger partial charge in [0.05, 0.1) is 0 Å². The van der Waals surface area contributed by atoms with Crippen LogP contribution in [-0.4, -0.2) is 0 Å². The highest BCUT2D eigenvalue weighted by molar-refractivity contribution is 7.09. The lowest BCUT2D eigenvalue weighted by atomic mass is 9.96. The van der Waals surface area contributed by atoms with Gasteiger partial charge in [0.2, 0.25) is 5.69 Å². The van der Waals surface area contributed by atoms with Gasteiger partial charge < -0.3 is 0 Å². The van der Waals surface area contributed by atoms with E-state index in [0.717, 1.165) is 0 Å². The van der Waals surface area contributed by atoms with Crippen molar-refractivity contribution < 1.29 is 4.57 Å². The van der Waals surface area contributed by atoms with Gasteiger partial charge in [0.25, 0.3) is 0 Å². The fraction of sp³-hybridized carbons (Fsp3) is 0.190. The van der Waals surface area contributed by atoms with Crippen molar-refractivity contribution in [2.24, 2.45) is 7.05 Å². The van der Waals surface area contributed by atoms with Crippen molar-refractivity contribution >= 4 is 32.9 Å². The lowest BCUT2D eigenvalue weighted by molar-refractivity contribution is -0.659. The van der Waals surface area contributed by atoms with E-state index in [1.165, 1.54) is 49.5 Å². The van der Waals surface area contributed by atoms with Gasteiger partial charge >= 0.3 is 0 Å². The average molecular weight is 318 g/mol. The molecule has 0 aliphatic heterocycles. The van der Waals surface area contributed by atoms with Gasteiger partial charge in [-0.2, -0.15) is 11.3 Å². The summed E-state index contributed by atoms with van der Waals surface area (Å²) in [5.74, 6) is 0. The molecule has 0 aliphatic rings. The van der Waals surface area contributed by atoms with Crippen LogP contribution < -0.4 is 4.57 Å². The molecule has 0 aliphatic carbocycles. The molecule has 114 valence electrons. The molecule has 0 spiro atoms. The predicted molar refractivity (Wildman–Crippen MR) is 100 cm³/mol. The minimum atomic E-state index is 1.27. The Morgan fingerprint density at radius 3 is 2.22 bits per heavy atom. The topological polar surface area (TPSA) is 3.88 Å². The Balaban J connectivity index is 2.03. The van der Waals surface area contributed by atoms with E-state index >= 15 is 0 Å². The summed E-state index contributed by atoms with van der Waals surface area (Å²) in [6.07, 6.45) is 2.25. The standard InChI is InChI=1S/C21H20NS/c1-13-5-14(2)15(3)20(6-13)21-9-16-7-18-11-23-12-19(18)8-17(16)10-22(21)4/h5-12H,1-4H3/q+1. The van der Waals surface area contributed by atoms with E-state index in [2.05, 4.69) is 79.7 Å². The summed E-state index contributed by atoms with van der Waals surface area (Å²) < 4.78 is 2.25. The van der Waals surface area contributed by atoms with Gasteiger partial charge in [-0.1, -0.05) is 11.6 Å². The largest absolute Gasteiger partial charge is 0.213 e. The first-order chi connectivity index (χ1) is 11.0. The molecule has 0 unspecified atom stereocenters. The third-order valence-electron chi connectivity index (χ3n) is 4.77. The second kappa shape index (κ2) is 5.17. The van der Waals surface area contributed by atoms with E-state index < -0.39 is 0 Å². The molecule has 1 nitrogen and oxygen atoms in total. The van der Waals surface area contributed by atoms with Crippen LogP contribution in [0, 0.1) is 20.8 Å². The second-order valence-corrected chi connectivity index (χ2v) is 7.25. The van der Waals surface area contributed by atoms with Crippen LogP contribution in [0.25, 0.3) is 32.8 Å². The maximum atomic E-state index is 2.33. The number of hydrogen-bond donors (Lipinski definition) is 0. The first-order valence-corrected chi connectivity index (χ1v) is 8.85. The Labute approximate surface area is 140 Å². The van der Waals surface area contributed by atoms with Crippen LogP contribution >= 0.6 is 11.3 Å². The Bertz CT molecular complexity index is 1060. The molecule has 0 N–H and O–H groups in total. The van der Waals surface area contributed by atoms with E-state index in [4.69, 9.17) is 0 Å². The summed E-state index contributed by atoms with van der Waals surface area (Å²) in [7, 11) is 2.14. The Kier molecular flexibility index (Phi) is 3.24. The summed E-state index contributed by atoms with van der Waals surface area (Å²) in [5.41, 5.74) is 6.64. The number of nitrogens with zero attached hydrogens (tertiary/aromatic N) is 1. The van der Waals surface area contributed by atoms with Gasteiger partial charge in [-0.25, -0.2) is 4.57 Å². The van der Waals surface area contributed by atoms with E-state index in [9.17, 15) is 0 Å². The molecule has 0 atom stereocenters. The zero-order valence-corrected chi connectivity index (χ0v) is 14.8. The SMILES string of the molecule is Cc1cc(C)c(C)c(-c2cc3cc4cscc4cc3c[n+]2C)c1. The van der Waals surface area contributed by atoms with Gasteiger partial charge in [0, 0.05) is 17.0 Å². The highest BCUT2D eigenvalue weighted by Crippen LogP contribution is 2.29. The zero-order chi connectivity index (χ0) is 16.1. The number of rotatable bonds is 1. The Morgan fingerprint density at radius 2 is 1.48 bits per heavy atom. The third kappa shape index (κ3) is 2.34. The van der Waals surface area contributed by atoms with E-state index in [-0.39, 0.29) is 0 Å². The lowest BCUT2D eigenvalue weighted by Crippen LogP contribution is -2.30. The number of benzene rings is 2. The molecule has 0 radical (unpaired) electrons. The molecule has 4 aromatic rings. The van der Waals surface area contributed by atoms with Crippen molar-refractivity contribution in [1.29, 1.82) is 0 Å². The monoisotopic (exact) mass is 318 g/mol. The number of pyridine rings is 1. The molecule has 0 amide bonds. The van der Waals surface area contributed by atoms with Crippen LogP contribution in [0.2, 0.25) is 0 Å². The van der Waals surface area contributed by atoms with Crippen LogP contribution in [-0.2, 0) is 7.05 Å². The van der Waals surface area contributed by atoms with Crippen molar-refractivity contribution in [2.45, 2.75) is 20.8 Å². The average Bonchev–Trinajstić information content (AvgIpc) is 2.95. The number of aryl methyl sites for hydroxylation is 3. The molecular formula is C21H20NS+. The van der Waals surface area contributed by atoms with Crippen molar-refractivity contribution in [2.75, 3.05) is 0 Å². The third-order valence-corrected chi connectivity index (χ3v) is 5.55. The predicted octanol–water partition coefficient (Wildman–Crippen LogP) is 5.47. The van der Waals surface area contributed by atoms with Crippen molar-refractivity contribution in [1.82, 2.24) is 0 Å². The number of thiophene rings is 1. The molecule has 0 fully saturated rings. The van der Waals surface area contributed by atoms with Crippen LogP contribution in [0.15, 0.2) is 47.3 Å². The number of fused-ring (bicyclic) bond motifs is 2. The van der Waals surface area contributed by atoms with Gasteiger partial charge in [0.15, 0.2) is 6.20 Å². The van der Waals surface area contributed by atoms with Crippen molar-refractivity contribution in [3.8, 4) is 11.3 Å².